The minimum absolute atomic E-state index is 0.132. The fourth-order valence-electron chi connectivity index (χ4n) is 1.84. The van der Waals surface area contributed by atoms with E-state index < -0.39 is 10.0 Å². The number of nitrogens with zero attached hydrogens (tertiary/aromatic N) is 1. The van der Waals surface area contributed by atoms with E-state index in [4.69, 9.17) is 4.74 Å². The van der Waals surface area contributed by atoms with Crippen LogP contribution in [0.4, 0.5) is 0 Å². The first-order chi connectivity index (χ1) is 9.41. The van der Waals surface area contributed by atoms with Gasteiger partial charge in [-0.1, -0.05) is 0 Å². The van der Waals surface area contributed by atoms with Crippen LogP contribution in [-0.4, -0.2) is 45.4 Å². The summed E-state index contributed by atoms with van der Waals surface area (Å²) in [5.74, 6) is -0.132. The van der Waals surface area contributed by atoms with Crippen molar-refractivity contribution < 1.29 is 17.9 Å². The van der Waals surface area contributed by atoms with Crippen molar-refractivity contribution >= 4 is 27.3 Å². The Kier molecular flexibility index (Phi) is 4.79. The molecule has 2 rings (SSSR count). The summed E-state index contributed by atoms with van der Waals surface area (Å²) in [5.41, 5.74) is 0. The predicted molar refractivity (Wildman–Crippen MR) is 76.0 cm³/mol. The Bertz CT molecular complexity index is 574. The number of amides is 1. The van der Waals surface area contributed by atoms with Crippen molar-refractivity contribution in [2.75, 3.05) is 20.7 Å². The minimum Gasteiger partial charge on any atom is -0.368 e. The molecule has 2 heterocycles. The van der Waals surface area contributed by atoms with Crippen LogP contribution in [0.5, 0.6) is 0 Å². The van der Waals surface area contributed by atoms with Gasteiger partial charge in [-0.05, 0) is 25.0 Å². The molecular weight excluding hydrogens is 300 g/mol. The largest absolute Gasteiger partial charge is 0.368 e. The molecule has 1 saturated heterocycles. The van der Waals surface area contributed by atoms with Crippen molar-refractivity contribution in [3.8, 4) is 0 Å². The second-order valence-corrected chi connectivity index (χ2v) is 8.27. The Morgan fingerprint density at radius 2 is 2.25 bits per heavy atom. The van der Waals surface area contributed by atoms with Crippen molar-refractivity contribution in [2.45, 2.75) is 29.7 Å². The molecule has 0 saturated carbocycles. The second kappa shape index (κ2) is 6.21. The number of thiophene rings is 1. The van der Waals surface area contributed by atoms with E-state index in [1.54, 1.807) is 12.1 Å². The second-order valence-electron chi connectivity index (χ2n) is 4.73. The van der Waals surface area contributed by atoms with Crippen LogP contribution in [0.1, 0.15) is 17.7 Å². The monoisotopic (exact) mass is 318 g/mol. The van der Waals surface area contributed by atoms with E-state index in [1.807, 2.05) is 0 Å². The summed E-state index contributed by atoms with van der Waals surface area (Å²) in [7, 11) is -0.408. The van der Waals surface area contributed by atoms with Crippen molar-refractivity contribution in [3.63, 3.8) is 0 Å². The number of hydrogen-bond donors (Lipinski definition) is 1. The summed E-state index contributed by atoms with van der Waals surface area (Å²) in [6.07, 6.45) is 1.29. The van der Waals surface area contributed by atoms with E-state index in [9.17, 15) is 13.2 Å². The SMILES string of the molecule is CN(C)S(=O)(=O)c1ccc(CNC(=O)C2CCCO2)s1. The number of sulfonamides is 1. The van der Waals surface area contributed by atoms with Crippen LogP contribution >= 0.6 is 11.3 Å². The molecule has 8 heteroatoms. The molecule has 1 atom stereocenters. The van der Waals surface area contributed by atoms with Crippen molar-refractivity contribution in [1.29, 1.82) is 0 Å². The van der Waals surface area contributed by atoms with Crippen molar-refractivity contribution in [1.82, 2.24) is 9.62 Å². The molecule has 0 spiro atoms. The van der Waals surface area contributed by atoms with E-state index in [-0.39, 0.29) is 16.2 Å². The topological polar surface area (TPSA) is 75.7 Å². The van der Waals surface area contributed by atoms with Gasteiger partial charge in [0.2, 0.25) is 5.91 Å². The Hall–Kier alpha value is -0.960. The smallest absolute Gasteiger partial charge is 0.252 e. The van der Waals surface area contributed by atoms with Crippen LogP contribution in [0.15, 0.2) is 16.3 Å². The molecule has 1 fully saturated rings. The fourth-order valence-corrected chi connectivity index (χ4v) is 4.31. The van der Waals surface area contributed by atoms with Crippen LogP contribution in [-0.2, 0) is 26.1 Å². The summed E-state index contributed by atoms with van der Waals surface area (Å²) in [5, 5.41) is 2.77. The van der Waals surface area contributed by atoms with Gasteiger partial charge in [0.05, 0.1) is 6.54 Å². The average Bonchev–Trinajstić information content (AvgIpc) is 3.07. The van der Waals surface area contributed by atoms with E-state index in [0.717, 1.165) is 17.7 Å². The molecule has 0 bridgehead atoms. The third-order valence-corrected chi connectivity index (χ3v) is 6.40. The number of carbonyl (C=O) groups is 1. The third kappa shape index (κ3) is 3.38. The molecule has 1 aromatic heterocycles. The maximum Gasteiger partial charge on any atom is 0.252 e. The van der Waals surface area contributed by atoms with Crippen LogP contribution in [0.2, 0.25) is 0 Å². The van der Waals surface area contributed by atoms with E-state index in [0.29, 0.717) is 13.2 Å². The Labute approximate surface area is 122 Å². The van der Waals surface area contributed by atoms with Gasteiger partial charge in [0, 0.05) is 25.6 Å². The summed E-state index contributed by atoms with van der Waals surface area (Å²) >= 11 is 1.17. The van der Waals surface area contributed by atoms with Gasteiger partial charge < -0.3 is 10.1 Å². The molecule has 0 aliphatic carbocycles. The zero-order valence-electron chi connectivity index (χ0n) is 11.5. The van der Waals surface area contributed by atoms with Gasteiger partial charge >= 0.3 is 0 Å². The zero-order chi connectivity index (χ0) is 14.8. The number of carbonyl (C=O) groups excluding carboxylic acids is 1. The van der Waals surface area contributed by atoms with Crippen LogP contribution in [0.25, 0.3) is 0 Å². The summed E-state index contributed by atoms with van der Waals surface area (Å²) in [6, 6.07) is 3.28. The molecule has 1 aliphatic heterocycles. The van der Waals surface area contributed by atoms with Crippen LogP contribution in [0.3, 0.4) is 0 Å². The predicted octanol–water partition coefficient (Wildman–Crippen LogP) is 0.794. The summed E-state index contributed by atoms with van der Waals surface area (Å²) in [6.45, 7) is 0.953. The number of rotatable bonds is 5. The average molecular weight is 318 g/mol. The van der Waals surface area contributed by atoms with Crippen molar-refractivity contribution in [2.24, 2.45) is 0 Å². The fraction of sp³-hybridized carbons (Fsp3) is 0.583. The molecule has 1 aromatic rings. The molecular formula is C12H18N2O4S2. The maximum absolute atomic E-state index is 11.9. The molecule has 0 radical (unpaired) electrons. The number of nitrogens with one attached hydrogen (secondary N) is 1. The summed E-state index contributed by atoms with van der Waals surface area (Å²) in [4.78, 5) is 12.6. The van der Waals surface area contributed by atoms with Crippen molar-refractivity contribution in [3.05, 3.63) is 17.0 Å². The molecule has 20 heavy (non-hydrogen) atoms. The van der Waals surface area contributed by atoms with E-state index >= 15 is 0 Å². The highest BCUT2D eigenvalue weighted by molar-refractivity contribution is 7.91. The van der Waals surface area contributed by atoms with Gasteiger partial charge in [0.15, 0.2) is 0 Å². The lowest BCUT2D eigenvalue weighted by atomic mass is 10.2. The highest BCUT2D eigenvalue weighted by Gasteiger charge is 2.24. The molecule has 1 unspecified atom stereocenters. The minimum atomic E-state index is -3.40. The van der Waals surface area contributed by atoms with E-state index in [2.05, 4.69) is 5.32 Å². The van der Waals surface area contributed by atoms with Gasteiger partial charge in [-0.2, -0.15) is 0 Å². The van der Waals surface area contributed by atoms with Gasteiger partial charge in [-0.3, -0.25) is 4.79 Å². The molecule has 6 nitrogen and oxygen atoms in total. The first-order valence-electron chi connectivity index (χ1n) is 6.32. The molecule has 0 aromatic carbocycles. The van der Waals surface area contributed by atoms with E-state index in [1.165, 1.54) is 29.7 Å². The Balaban J connectivity index is 1.95. The molecule has 112 valence electrons. The van der Waals surface area contributed by atoms with Gasteiger partial charge in [-0.25, -0.2) is 12.7 Å². The third-order valence-electron chi connectivity index (χ3n) is 3.03. The van der Waals surface area contributed by atoms with Crippen LogP contribution < -0.4 is 5.32 Å². The molecule has 1 N–H and O–H groups in total. The highest BCUT2D eigenvalue weighted by Crippen LogP contribution is 2.23. The lowest BCUT2D eigenvalue weighted by Gasteiger charge is -2.09. The number of ether oxygens (including phenoxy) is 1. The first-order valence-corrected chi connectivity index (χ1v) is 8.57. The first kappa shape index (κ1) is 15.4. The quantitative estimate of drug-likeness (QED) is 0.871. The maximum atomic E-state index is 11.9. The highest BCUT2D eigenvalue weighted by atomic mass is 32.2. The van der Waals surface area contributed by atoms with Gasteiger partial charge in [0.25, 0.3) is 10.0 Å². The van der Waals surface area contributed by atoms with Crippen LogP contribution in [0, 0.1) is 0 Å². The standard InChI is InChI=1S/C12H18N2O4S2/c1-14(2)20(16,17)11-6-5-9(19-11)8-13-12(15)10-4-3-7-18-10/h5-6,10H,3-4,7-8H2,1-2H3,(H,13,15). The summed E-state index contributed by atoms with van der Waals surface area (Å²) < 4.78 is 30.6. The van der Waals surface area contributed by atoms with Gasteiger partial charge in [-0.15, -0.1) is 11.3 Å². The lowest BCUT2D eigenvalue weighted by molar-refractivity contribution is -0.130. The number of hydrogen-bond acceptors (Lipinski definition) is 5. The molecule has 1 amide bonds. The van der Waals surface area contributed by atoms with Gasteiger partial charge in [0.1, 0.15) is 10.3 Å². The zero-order valence-corrected chi connectivity index (χ0v) is 13.1. The Morgan fingerprint density at radius 3 is 2.85 bits per heavy atom. The Morgan fingerprint density at radius 1 is 1.50 bits per heavy atom. The normalized spacial score (nSPS) is 19.4. The lowest BCUT2D eigenvalue weighted by Crippen LogP contribution is -2.33. The molecule has 1 aliphatic rings.